The van der Waals surface area contributed by atoms with Gasteiger partial charge in [-0.3, -0.25) is 4.79 Å². The van der Waals surface area contributed by atoms with Crippen LogP contribution in [0.4, 0.5) is 0 Å². The number of nitrogens with one attached hydrogen (secondary N) is 1. The van der Waals surface area contributed by atoms with Crippen LogP contribution in [-0.2, 0) is 9.59 Å². The maximum atomic E-state index is 12.1. The third-order valence-electron chi connectivity index (χ3n) is 3.43. The van der Waals surface area contributed by atoms with Gasteiger partial charge in [-0.1, -0.05) is 0 Å². The summed E-state index contributed by atoms with van der Waals surface area (Å²) in [5.74, 6) is -0.893. The second kappa shape index (κ2) is 4.82. The first-order valence-electron chi connectivity index (χ1n) is 5.97. The summed E-state index contributed by atoms with van der Waals surface area (Å²) < 4.78 is 0. The molecule has 0 aromatic heterocycles. The molecule has 5 nitrogen and oxygen atoms in total. The van der Waals surface area contributed by atoms with E-state index in [9.17, 15) is 9.59 Å². The van der Waals surface area contributed by atoms with Crippen LogP contribution >= 0.6 is 0 Å². The number of nitrogens with zero attached hydrogens (tertiary/aromatic N) is 1. The van der Waals surface area contributed by atoms with Gasteiger partial charge in [0.25, 0.3) is 0 Å². The summed E-state index contributed by atoms with van der Waals surface area (Å²) in [5, 5.41) is 12.2. The Balaban J connectivity index is 2.04. The molecule has 2 heterocycles. The molecule has 5 heteroatoms. The van der Waals surface area contributed by atoms with Crippen LogP contribution in [0.5, 0.6) is 0 Å². The average molecular weight is 226 g/mol. The molecule has 2 rings (SSSR count). The summed E-state index contributed by atoms with van der Waals surface area (Å²) in [6.45, 7) is 1.45. The van der Waals surface area contributed by atoms with E-state index in [1.54, 1.807) is 4.90 Å². The lowest BCUT2D eigenvalue weighted by Crippen LogP contribution is -2.53. The lowest BCUT2D eigenvalue weighted by Gasteiger charge is -2.34. The van der Waals surface area contributed by atoms with Crippen molar-refractivity contribution in [1.29, 1.82) is 0 Å². The number of hydrogen-bond acceptors (Lipinski definition) is 3. The molecule has 2 atom stereocenters. The molecule has 2 N–H and O–H groups in total. The van der Waals surface area contributed by atoms with Gasteiger partial charge < -0.3 is 15.3 Å². The Morgan fingerprint density at radius 3 is 2.62 bits per heavy atom. The molecule has 16 heavy (non-hydrogen) atoms. The minimum absolute atomic E-state index is 0.0235. The second-order valence-corrected chi connectivity index (χ2v) is 4.53. The van der Waals surface area contributed by atoms with Gasteiger partial charge in [-0.15, -0.1) is 0 Å². The fourth-order valence-electron chi connectivity index (χ4n) is 2.55. The standard InChI is InChI=1S/C11H18N2O3/c14-10(8-4-3-6-12-8)13-7-2-1-5-9(13)11(15)16/h8-9,12H,1-7H2,(H,15,16)/t8-,9-/m1/s1. The number of carboxylic acid groups (broad SMARTS) is 1. The molecule has 2 aliphatic heterocycles. The lowest BCUT2D eigenvalue weighted by atomic mass is 10.0. The number of amides is 1. The van der Waals surface area contributed by atoms with Crippen LogP contribution in [0.2, 0.25) is 0 Å². The highest BCUT2D eigenvalue weighted by Crippen LogP contribution is 2.20. The van der Waals surface area contributed by atoms with E-state index >= 15 is 0 Å². The van der Waals surface area contributed by atoms with Gasteiger partial charge in [-0.05, 0) is 38.6 Å². The normalized spacial score (nSPS) is 30.4. The largest absolute Gasteiger partial charge is 0.480 e. The van der Waals surface area contributed by atoms with Crippen LogP contribution in [0, 0.1) is 0 Å². The van der Waals surface area contributed by atoms with E-state index in [1.165, 1.54) is 0 Å². The summed E-state index contributed by atoms with van der Waals surface area (Å²) in [6.07, 6.45) is 4.25. The van der Waals surface area contributed by atoms with Crippen molar-refractivity contribution in [3.05, 3.63) is 0 Å². The summed E-state index contributed by atoms with van der Waals surface area (Å²) in [6, 6.07) is -0.761. The minimum Gasteiger partial charge on any atom is -0.480 e. The van der Waals surface area contributed by atoms with Gasteiger partial charge in [0.2, 0.25) is 5.91 Å². The van der Waals surface area contributed by atoms with Gasteiger partial charge in [0, 0.05) is 6.54 Å². The summed E-state index contributed by atoms with van der Waals surface area (Å²) >= 11 is 0. The van der Waals surface area contributed by atoms with Gasteiger partial charge in [-0.25, -0.2) is 4.79 Å². The van der Waals surface area contributed by atoms with Crippen LogP contribution in [-0.4, -0.2) is 47.1 Å². The van der Waals surface area contributed by atoms with E-state index in [2.05, 4.69) is 5.32 Å². The third-order valence-corrected chi connectivity index (χ3v) is 3.43. The fraction of sp³-hybridized carbons (Fsp3) is 0.818. The molecule has 0 unspecified atom stereocenters. The molecule has 0 aliphatic carbocycles. The predicted molar refractivity (Wildman–Crippen MR) is 58.0 cm³/mol. The molecule has 0 radical (unpaired) electrons. The number of rotatable bonds is 2. The van der Waals surface area contributed by atoms with Gasteiger partial charge in [0.15, 0.2) is 0 Å². The number of carboxylic acids is 1. The summed E-state index contributed by atoms with van der Waals surface area (Å²) in [5.41, 5.74) is 0. The Morgan fingerprint density at radius 1 is 1.19 bits per heavy atom. The minimum atomic E-state index is -0.869. The van der Waals surface area contributed by atoms with Crippen LogP contribution in [0.1, 0.15) is 32.1 Å². The SMILES string of the molecule is O=C(O)[C@H]1CCCCN1C(=O)[C@H]1CCCN1. The zero-order valence-electron chi connectivity index (χ0n) is 9.32. The van der Waals surface area contributed by atoms with Crippen molar-refractivity contribution in [3.63, 3.8) is 0 Å². The number of hydrogen-bond donors (Lipinski definition) is 2. The van der Waals surface area contributed by atoms with E-state index in [4.69, 9.17) is 5.11 Å². The van der Waals surface area contributed by atoms with Crippen molar-refractivity contribution < 1.29 is 14.7 Å². The first kappa shape index (κ1) is 11.4. The molecule has 1 amide bonds. The number of carbonyl (C=O) groups is 2. The van der Waals surface area contributed by atoms with Crippen molar-refractivity contribution in [3.8, 4) is 0 Å². The topological polar surface area (TPSA) is 69.6 Å². The maximum absolute atomic E-state index is 12.1. The lowest BCUT2D eigenvalue weighted by molar-refractivity contribution is -0.152. The van der Waals surface area contributed by atoms with Gasteiger partial charge >= 0.3 is 5.97 Å². The summed E-state index contributed by atoms with van der Waals surface area (Å²) in [4.78, 5) is 24.7. The number of piperidine rings is 1. The number of aliphatic carboxylic acids is 1. The second-order valence-electron chi connectivity index (χ2n) is 4.53. The predicted octanol–water partition coefficient (Wildman–Crippen LogP) is 0.204. The van der Waals surface area contributed by atoms with Crippen LogP contribution in [0.3, 0.4) is 0 Å². The van der Waals surface area contributed by atoms with E-state index < -0.39 is 12.0 Å². The van der Waals surface area contributed by atoms with Crippen LogP contribution in [0.15, 0.2) is 0 Å². The van der Waals surface area contributed by atoms with E-state index in [0.717, 1.165) is 32.2 Å². The van der Waals surface area contributed by atoms with Gasteiger partial charge in [0.1, 0.15) is 6.04 Å². The highest BCUT2D eigenvalue weighted by atomic mass is 16.4. The molecule has 0 aromatic carbocycles. The zero-order valence-corrected chi connectivity index (χ0v) is 9.32. The van der Waals surface area contributed by atoms with E-state index in [0.29, 0.717) is 13.0 Å². The van der Waals surface area contributed by atoms with Crippen molar-refractivity contribution >= 4 is 11.9 Å². The Hall–Kier alpha value is -1.10. The Labute approximate surface area is 94.8 Å². The first-order valence-corrected chi connectivity index (χ1v) is 5.97. The van der Waals surface area contributed by atoms with Crippen molar-refractivity contribution in [2.75, 3.05) is 13.1 Å². The molecule has 2 saturated heterocycles. The number of carbonyl (C=O) groups excluding carboxylic acids is 1. The monoisotopic (exact) mass is 226 g/mol. The smallest absolute Gasteiger partial charge is 0.326 e. The van der Waals surface area contributed by atoms with E-state index in [1.807, 2.05) is 0 Å². The molecule has 2 aliphatic rings. The van der Waals surface area contributed by atoms with Crippen LogP contribution in [0.25, 0.3) is 0 Å². The Kier molecular flexibility index (Phi) is 3.43. The Morgan fingerprint density at radius 2 is 2.00 bits per heavy atom. The van der Waals surface area contributed by atoms with Gasteiger partial charge in [0.05, 0.1) is 6.04 Å². The molecule has 0 spiro atoms. The molecular weight excluding hydrogens is 208 g/mol. The number of likely N-dealkylation sites (tertiary alicyclic amines) is 1. The van der Waals surface area contributed by atoms with E-state index in [-0.39, 0.29) is 11.9 Å². The fourth-order valence-corrected chi connectivity index (χ4v) is 2.55. The molecular formula is C11H18N2O3. The van der Waals surface area contributed by atoms with Crippen LogP contribution < -0.4 is 5.32 Å². The van der Waals surface area contributed by atoms with Gasteiger partial charge in [-0.2, -0.15) is 0 Å². The maximum Gasteiger partial charge on any atom is 0.326 e. The molecule has 0 bridgehead atoms. The van der Waals surface area contributed by atoms with Crippen molar-refractivity contribution in [1.82, 2.24) is 10.2 Å². The highest BCUT2D eigenvalue weighted by Gasteiger charge is 2.35. The Bertz CT molecular complexity index is 287. The molecule has 0 aromatic rings. The van der Waals surface area contributed by atoms with Crippen molar-refractivity contribution in [2.45, 2.75) is 44.2 Å². The highest BCUT2D eigenvalue weighted by molar-refractivity contribution is 5.87. The van der Waals surface area contributed by atoms with Crippen molar-refractivity contribution in [2.24, 2.45) is 0 Å². The molecule has 0 saturated carbocycles. The molecule has 2 fully saturated rings. The average Bonchev–Trinajstić information content (AvgIpc) is 2.81. The molecule has 90 valence electrons. The third kappa shape index (κ3) is 2.19. The zero-order chi connectivity index (χ0) is 11.5. The quantitative estimate of drug-likeness (QED) is 0.706. The first-order chi connectivity index (χ1) is 7.70. The summed E-state index contributed by atoms with van der Waals surface area (Å²) in [7, 11) is 0.